The van der Waals surface area contributed by atoms with Crippen molar-refractivity contribution in [3.05, 3.63) is 27.8 Å². The predicted octanol–water partition coefficient (Wildman–Crippen LogP) is 0.837. The largest absolute Gasteiger partial charge is 0.480 e. The summed E-state index contributed by atoms with van der Waals surface area (Å²) in [6.45, 7) is 1.43. The number of carboxylic acids is 1. The Labute approximate surface area is 154 Å². The SMILES string of the molecule is CC(OC(=O)C(N)CCC[C@H](N)C(=O)O)c1cc2c(cc1[N+](=O)[O-])OCO2. The summed E-state index contributed by atoms with van der Waals surface area (Å²) in [5.74, 6) is -1.31. The zero-order valence-electron chi connectivity index (χ0n) is 14.6. The molecule has 11 nitrogen and oxygen atoms in total. The van der Waals surface area contributed by atoms with Crippen molar-refractivity contribution in [2.45, 2.75) is 44.4 Å². The summed E-state index contributed by atoms with van der Waals surface area (Å²) in [6, 6.07) is 0.593. The molecule has 3 atom stereocenters. The summed E-state index contributed by atoms with van der Waals surface area (Å²) < 4.78 is 15.6. The normalized spacial score (nSPS) is 15.7. The maximum atomic E-state index is 12.1. The average Bonchev–Trinajstić information content (AvgIpc) is 3.07. The second kappa shape index (κ2) is 8.64. The number of nitrogens with two attached hydrogens (primary N) is 2. The van der Waals surface area contributed by atoms with Crippen LogP contribution in [-0.2, 0) is 14.3 Å². The van der Waals surface area contributed by atoms with Gasteiger partial charge in [0, 0.05) is 0 Å². The van der Waals surface area contributed by atoms with E-state index in [-0.39, 0.29) is 36.6 Å². The van der Waals surface area contributed by atoms with Gasteiger partial charge in [-0.15, -0.1) is 0 Å². The molecule has 0 spiro atoms. The van der Waals surface area contributed by atoms with Crippen molar-refractivity contribution in [3.8, 4) is 11.5 Å². The van der Waals surface area contributed by atoms with E-state index in [9.17, 15) is 19.7 Å². The van der Waals surface area contributed by atoms with E-state index in [1.54, 1.807) is 0 Å². The molecule has 27 heavy (non-hydrogen) atoms. The summed E-state index contributed by atoms with van der Waals surface area (Å²) in [6.07, 6.45) is -0.280. The lowest BCUT2D eigenvalue weighted by Crippen LogP contribution is -2.34. The summed E-state index contributed by atoms with van der Waals surface area (Å²) in [5, 5.41) is 20.0. The minimum absolute atomic E-state index is 0.0482. The van der Waals surface area contributed by atoms with Crippen LogP contribution in [0.15, 0.2) is 12.1 Å². The molecule has 0 saturated heterocycles. The first-order valence-corrected chi connectivity index (χ1v) is 8.23. The molecule has 0 aliphatic carbocycles. The molecule has 1 aromatic carbocycles. The lowest BCUT2D eigenvalue weighted by atomic mass is 10.1. The number of fused-ring (bicyclic) bond motifs is 1. The molecule has 0 aromatic heterocycles. The van der Waals surface area contributed by atoms with Gasteiger partial charge in [0.2, 0.25) is 6.79 Å². The van der Waals surface area contributed by atoms with Crippen LogP contribution >= 0.6 is 0 Å². The number of nitro benzene ring substituents is 1. The standard InChI is InChI=1S/C16H21N3O8/c1-8(27-16(22)11(18)4-2-3-10(17)15(20)21)9-5-13-14(26-7-25-13)6-12(9)19(23)24/h5-6,8,10-11H,2-4,7,17-18H2,1H3,(H,20,21)/t8?,10-,11?/m0/s1. The van der Waals surface area contributed by atoms with Gasteiger partial charge in [-0.2, -0.15) is 0 Å². The van der Waals surface area contributed by atoms with Gasteiger partial charge in [0.15, 0.2) is 11.5 Å². The first-order chi connectivity index (χ1) is 12.7. The molecule has 1 aliphatic rings. The molecular formula is C16H21N3O8. The van der Waals surface area contributed by atoms with Gasteiger partial charge < -0.3 is 30.8 Å². The Balaban J connectivity index is 1.99. The van der Waals surface area contributed by atoms with Crippen molar-refractivity contribution in [1.82, 2.24) is 0 Å². The molecule has 1 heterocycles. The van der Waals surface area contributed by atoms with Crippen molar-refractivity contribution in [2.75, 3.05) is 6.79 Å². The van der Waals surface area contributed by atoms with E-state index in [2.05, 4.69) is 0 Å². The lowest BCUT2D eigenvalue weighted by molar-refractivity contribution is -0.386. The molecular weight excluding hydrogens is 362 g/mol. The number of benzene rings is 1. The number of carboxylic acid groups (broad SMARTS) is 1. The molecule has 0 fully saturated rings. The van der Waals surface area contributed by atoms with Gasteiger partial charge >= 0.3 is 11.9 Å². The minimum atomic E-state index is -1.13. The van der Waals surface area contributed by atoms with Crippen LogP contribution in [0.3, 0.4) is 0 Å². The number of hydrogen-bond acceptors (Lipinski definition) is 9. The number of carbonyl (C=O) groups excluding carboxylic acids is 1. The second-order valence-corrected chi connectivity index (χ2v) is 6.08. The van der Waals surface area contributed by atoms with Crippen molar-refractivity contribution in [1.29, 1.82) is 0 Å². The number of rotatable bonds is 9. The Bertz CT molecular complexity index is 739. The Morgan fingerprint density at radius 3 is 2.44 bits per heavy atom. The third-order valence-electron chi connectivity index (χ3n) is 4.10. The molecule has 2 rings (SSSR count). The minimum Gasteiger partial charge on any atom is -0.480 e. The van der Waals surface area contributed by atoms with Gasteiger partial charge in [0.05, 0.1) is 16.6 Å². The number of carbonyl (C=O) groups is 2. The lowest BCUT2D eigenvalue weighted by Gasteiger charge is -2.17. The van der Waals surface area contributed by atoms with Gasteiger partial charge in [0.1, 0.15) is 18.2 Å². The van der Waals surface area contributed by atoms with Gasteiger partial charge in [-0.05, 0) is 32.3 Å². The third-order valence-corrected chi connectivity index (χ3v) is 4.10. The van der Waals surface area contributed by atoms with E-state index in [0.29, 0.717) is 12.2 Å². The van der Waals surface area contributed by atoms with E-state index in [0.717, 1.165) is 0 Å². The fourth-order valence-corrected chi connectivity index (χ4v) is 2.55. The smallest absolute Gasteiger partial charge is 0.323 e. The highest BCUT2D eigenvalue weighted by Gasteiger charge is 2.29. The number of ether oxygens (including phenoxy) is 3. The van der Waals surface area contributed by atoms with E-state index in [4.69, 9.17) is 30.8 Å². The number of nitrogens with zero attached hydrogens (tertiary/aromatic N) is 1. The highest BCUT2D eigenvalue weighted by Crippen LogP contribution is 2.40. The summed E-state index contributed by atoms with van der Waals surface area (Å²) in [4.78, 5) is 33.5. The number of hydrogen-bond donors (Lipinski definition) is 3. The molecule has 11 heteroatoms. The Morgan fingerprint density at radius 1 is 1.26 bits per heavy atom. The molecule has 5 N–H and O–H groups in total. The van der Waals surface area contributed by atoms with Crippen LogP contribution in [0.2, 0.25) is 0 Å². The van der Waals surface area contributed by atoms with Gasteiger partial charge in [-0.25, -0.2) is 0 Å². The van der Waals surface area contributed by atoms with E-state index < -0.39 is 35.0 Å². The van der Waals surface area contributed by atoms with Crippen molar-refractivity contribution >= 4 is 17.6 Å². The average molecular weight is 383 g/mol. The Morgan fingerprint density at radius 2 is 1.85 bits per heavy atom. The summed E-state index contributed by atoms with van der Waals surface area (Å²) in [5.41, 5.74) is 11.0. The molecule has 0 saturated carbocycles. The van der Waals surface area contributed by atoms with Crippen LogP contribution in [0.4, 0.5) is 5.69 Å². The summed E-state index contributed by atoms with van der Waals surface area (Å²) in [7, 11) is 0. The first-order valence-electron chi connectivity index (χ1n) is 8.23. The van der Waals surface area contributed by atoms with Crippen molar-refractivity contribution in [3.63, 3.8) is 0 Å². The maximum Gasteiger partial charge on any atom is 0.323 e. The fourth-order valence-electron chi connectivity index (χ4n) is 2.55. The zero-order valence-corrected chi connectivity index (χ0v) is 14.6. The van der Waals surface area contributed by atoms with Gasteiger partial charge in [0.25, 0.3) is 5.69 Å². The maximum absolute atomic E-state index is 12.1. The highest BCUT2D eigenvalue weighted by molar-refractivity contribution is 5.76. The number of esters is 1. The van der Waals surface area contributed by atoms with Crippen LogP contribution in [0.1, 0.15) is 37.9 Å². The molecule has 1 aromatic rings. The van der Waals surface area contributed by atoms with Crippen LogP contribution in [0, 0.1) is 10.1 Å². The van der Waals surface area contributed by atoms with E-state index >= 15 is 0 Å². The van der Waals surface area contributed by atoms with Crippen molar-refractivity contribution < 1.29 is 33.8 Å². The van der Waals surface area contributed by atoms with E-state index in [1.165, 1.54) is 19.1 Å². The Kier molecular flexibility index (Phi) is 6.53. The molecule has 148 valence electrons. The van der Waals surface area contributed by atoms with Crippen LogP contribution in [-0.4, -0.2) is 40.8 Å². The molecule has 1 aliphatic heterocycles. The zero-order chi connectivity index (χ0) is 20.1. The molecule has 0 amide bonds. The molecule has 2 unspecified atom stereocenters. The van der Waals surface area contributed by atoms with Gasteiger partial charge in [-0.3, -0.25) is 19.7 Å². The third kappa shape index (κ3) is 5.05. The van der Waals surface area contributed by atoms with Crippen LogP contribution in [0.5, 0.6) is 11.5 Å². The quantitative estimate of drug-likeness (QED) is 0.314. The highest BCUT2D eigenvalue weighted by atomic mass is 16.7. The fraction of sp³-hybridized carbons (Fsp3) is 0.500. The number of aliphatic carboxylic acids is 1. The van der Waals surface area contributed by atoms with Crippen LogP contribution < -0.4 is 20.9 Å². The first kappa shape index (κ1) is 20.4. The van der Waals surface area contributed by atoms with E-state index in [1.807, 2.05) is 0 Å². The molecule has 0 radical (unpaired) electrons. The van der Waals surface area contributed by atoms with Gasteiger partial charge in [-0.1, -0.05) is 0 Å². The number of nitro groups is 1. The summed E-state index contributed by atoms with van der Waals surface area (Å²) >= 11 is 0. The topological polar surface area (TPSA) is 177 Å². The van der Waals surface area contributed by atoms with Crippen molar-refractivity contribution in [2.24, 2.45) is 11.5 Å². The Hall–Kier alpha value is -2.92. The monoisotopic (exact) mass is 383 g/mol. The predicted molar refractivity (Wildman–Crippen MR) is 91.2 cm³/mol. The van der Waals surface area contributed by atoms with Crippen LogP contribution in [0.25, 0.3) is 0 Å². The second-order valence-electron chi connectivity index (χ2n) is 6.08. The molecule has 0 bridgehead atoms.